The predicted molar refractivity (Wildman–Crippen MR) is 116 cm³/mol. The zero-order valence-corrected chi connectivity index (χ0v) is 17.7. The number of hydrogen-bond acceptors (Lipinski definition) is 5. The molecule has 0 bridgehead atoms. The average Bonchev–Trinajstić information content (AvgIpc) is 3.21. The summed E-state index contributed by atoms with van der Waals surface area (Å²) in [5.41, 5.74) is 4.28. The Kier molecular flexibility index (Phi) is 5.25. The van der Waals surface area contributed by atoms with Crippen molar-refractivity contribution in [3.63, 3.8) is 0 Å². The van der Waals surface area contributed by atoms with Gasteiger partial charge >= 0.3 is 6.36 Å². The minimum atomic E-state index is -4.76. The molecule has 33 heavy (non-hydrogen) atoms. The maximum Gasteiger partial charge on any atom is 0.573 e. The van der Waals surface area contributed by atoms with E-state index in [-0.39, 0.29) is 23.5 Å². The largest absolute Gasteiger partial charge is 0.573 e. The first-order valence-electron chi connectivity index (χ1n) is 10.5. The molecule has 0 unspecified atom stereocenters. The van der Waals surface area contributed by atoms with Crippen molar-refractivity contribution in [1.29, 1.82) is 0 Å². The highest BCUT2D eigenvalue weighted by Gasteiger charge is 2.47. The summed E-state index contributed by atoms with van der Waals surface area (Å²) in [7, 11) is 0. The number of benzene rings is 3. The number of alkyl halides is 3. The van der Waals surface area contributed by atoms with Crippen LogP contribution in [0.4, 0.5) is 13.2 Å². The molecule has 5 rings (SSSR count). The van der Waals surface area contributed by atoms with E-state index in [1.165, 1.54) is 18.2 Å². The number of hydrogen-bond donors (Lipinski definition) is 1. The SMILES string of the molecule is C[C@@H]1c2cc(O)ccc2[C@H]2C(c3ccccc3)=NO[C@H]2N1Cc1cccc(OC(F)(F)F)c1. The van der Waals surface area contributed by atoms with Crippen LogP contribution in [-0.4, -0.2) is 28.3 Å². The topological polar surface area (TPSA) is 54.3 Å². The lowest BCUT2D eigenvalue weighted by molar-refractivity contribution is -0.274. The molecule has 0 aliphatic carbocycles. The van der Waals surface area contributed by atoms with Gasteiger partial charge in [0.2, 0.25) is 0 Å². The molecular weight excluding hydrogens is 433 g/mol. The van der Waals surface area contributed by atoms with Crippen LogP contribution in [-0.2, 0) is 11.4 Å². The quantitative estimate of drug-likeness (QED) is 0.549. The van der Waals surface area contributed by atoms with Gasteiger partial charge in [0.25, 0.3) is 0 Å². The third-order valence-corrected chi connectivity index (χ3v) is 6.09. The molecule has 3 aromatic rings. The normalized spacial score (nSPS) is 22.2. The monoisotopic (exact) mass is 454 g/mol. The summed E-state index contributed by atoms with van der Waals surface area (Å²) in [4.78, 5) is 7.96. The second-order valence-corrected chi connectivity index (χ2v) is 8.17. The Morgan fingerprint density at radius 1 is 1.00 bits per heavy atom. The van der Waals surface area contributed by atoms with E-state index in [4.69, 9.17) is 4.84 Å². The predicted octanol–water partition coefficient (Wildman–Crippen LogP) is 5.71. The van der Waals surface area contributed by atoms with Crippen LogP contribution in [0, 0.1) is 0 Å². The molecule has 8 heteroatoms. The minimum absolute atomic E-state index is 0.150. The number of aromatic hydroxyl groups is 1. The third kappa shape index (κ3) is 4.14. The van der Waals surface area contributed by atoms with Crippen LogP contribution in [0.3, 0.4) is 0 Å². The summed E-state index contributed by atoms with van der Waals surface area (Å²) in [6.07, 6.45) is -5.20. The first kappa shape index (κ1) is 21.3. The zero-order chi connectivity index (χ0) is 23.2. The van der Waals surface area contributed by atoms with E-state index in [0.717, 1.165) is 22.4 Å². The lowest BCUT2D eigenvalue weighted by atomic mass is 9.80. The van der Waals surface area contributed by atoms with E-state index < -0.39 is 12.6 Å². The summed E-state index contributed by atoms with van der Waals surface area (Å²) < 4.78 is 42.1. The molecule has 0 spiro atoms. The van der Waals surface area contributed by atoms with E-state index in [0.29, 0.717) is 12.1 Å². The van der Waals surface area contributed by atoms with Gasteiger partial charge < -0.3 is 14.7 Å². The summed E-state index contributed by atoms with van der Waals surface area (Å²) in [5, 5.41) is 14.6. The minimum Gasteiger partial charge on any atom is -0.508 e. The van der Waals surface area contributed by atoms with Crippen molar-refractivity contribution >= 4 is 5.71 Å². The molecule has 2 heterocycles. The van der Waals surface area contributed by atoms with Gasteiger partial charge in [-0.15, -0.1) is 13.2 Å². The van der Waals surface area contributed by atoms with Crippen molar-refractivity contribution in [2.24, 2.45) is 5.16 Å². The zero-order valence-electron chi connectivity index (χ0n) is 17.7. The Balaban J connectivity index is 1.52. The molecule has 0 saturated heterocycles. The molecule has 0 amide bonds. The van der Waals surface area contributed by atoms with Crippen LogP contribution in [0.1, 0.15) is 41.1 Å². The number of halogens is 3. The first-order valence-corrected chi connectivity index (χ1v) is 10.5. The number of ether oxygens (including phenoxy) is 1. The van der Waals surface area contributed by atoms with Crippen molar-refractivity contribution in [3.8, 4) is 11.5 Å². The Hall–Kier alpha value is -3.52. The van der Waals surface area contributed by atoms with E-state index in [1.54, 1.807) is 18.2 Å². The molecule has 3 atom stereocenters. The second-order valence-electron chi connectivity index (χ2n) is 8.17. The van der Waals surface area contributed by atoms with Crippen LogP contribution in [0.15, 0.2) is 78.0 Å². The molecule has 0 fully saturated rings. The van der Waals surface area contributed by atoms with Gasteiger partial charge in [0.05, 0.1) is 11.6 Å². The molecule has 2 aliphatic heterocycles. The van der Waals surface area contributed by atoms with Gasteiger partial charge in [-0.25, -0.2) is 0 Å². The van der Waals surface area contributed by atoms with Gasteiger partial charge in [0.15, 0.2) is 6.23 Å². The number of oxime groups is 1. The van der Waals surface area contributed by atoms with Crippen LogP contribution in [0.25, 0.3) is 0 Å². The maximum absolute atomic E-state index is 12.7. The third-order valence-electron chi connectivity index (χ3n) is 6.09. The molecule has 170 valence electrons. The molecule has 0 aromatic heterocycles. The fourth-order valence-electron chi connectivity index (χ4n) is 4.64. The highest BCUT2D eigenvalue weighted by Crippen LogP contribution is 2.46. The highest BCUT2D eigenvalue weighted by molar-refractivity contribution is 6.06. The lowest BCUT2D eigenvalue weighted by Gasteiger charge is -2.42. The Bertz CT molecular complexity index is 1200. The van der Waals surface area contributed by atoms with E-state index >= 15 is 0 Å². The average molecular weight is 454 g/mol. The molecule has 0 radical (unpaired) electrons. The van der Waals surface area contributed by atoms with Gasteiger partial charge in [-0.1, -0.05) is 53.7 Å². The van der Waals surface area contributed by atoms with Crippen molar-refractivity contribution in [1.82, 2.24) is 4.90 Å². The molecule has 1 N–H and O–H groups in total. The van der Waals surface area contributed by atoms with Gasteiger partial charge in [-0.3, -0.25) is 4.90 Å². The smallest absolute Gasteiger partial charge is 0.508 e. The van der Waals surface area contributed by atoms with E-state index in [9.17, 15) is 18.3 Å². The lowest BCUT2D eigenvalue weighted by Crippen LogP contribution is -2.45. The highest BCUT2D eigenvalue weighted by atomic mass is 19.4. The van der Waals surface area contributed by atoms with Crippen LogP contribution in [0.2, 0.25) is 0 Å². The summed E-state index contributed by atoms with van der Waals surface area (Å²) in [6, 6.07) is 20.7. The Labute approximate surface area is 188 Å². The van der Waals surface area contributed by atoms with Gasteiger partial charge in [-0.05, 0) is 47.9 Å². The molecule has 5 nitrogen and oxygen atoms in total. The van der Waals surface area contributed by atoms with Crippen molar-refractivity contribution in [2.45, 2.75) is 38.0 Å². The number of fused-ring (bicyclic) bond motifs is 3. The fraction of sp³-hybridized carbons (Fsp3) is 0.240. The van der Waals surface area contributed by atoms with Crippen molar-refractivity contribution in [2.75, 3.05) is 0 Å². The van der Waals surface area contributed by atoms with Crippen molar-refractivity contribution in [3.05, 3.63) is 95.1 Å². The summed E-state index contributed by atoms with van der Waals surface area (Å²) >= 11 is 0. The Morgan fingerprint density at radius 2 is 1.79 bits per heavy atom. The second kappa shape index (κ2) is 8.12. The fourth-order valence-corrected chi connectivity index (χ4v) is 4.64. The van der Waals surface area contributed by atoms with Gasteiger partial charge in [-0.2, -0.15) is 0 Å². The van der Waals surface area contributed by atoms with Gasteiger partial charge in [0.1, 0.15) is 11.5 Å². The van der Waals surface area contributed by atoms with E-state index in [1.807, 2.05) is 48.2 Å². The summed E-state index contributed by atoms with van der Waals surface area (Å²) in [5.74, 6) is -0.335. The summed E-state index contributed by atoms with van der Waals surface area (Å²) in [6.45, 7) is 2.29. The number of nitrogens with zero attached hydrogens (tertiary/aromatic N) is 2. The number of rotatable bonds is 4. The molecule has 0 saturated carbocycles. The van der Waals surface area contributed by atoms with E-state index in [2.05, 4.69) is 9.89 Å². The first-order chi connectivity index (χ1) is 15.8. The van der Waals surface area contributed by atoms with Crippen LogP contribution >= 0.6 is 0 Å². The molecule has 2 aliphatic rings. The number of phenolic OH excluding ortho intramolecular Hbond substituents is 1. The van der Waals surface area contributed by atoms with Crippen LogP contribution in [0.5, 0.6) is 11.5 Å². The maximum atomic E-state index is 12.7. The Morgan fingerprint density at radius 3 is 2.55 bits per heavy atom. The molecular formula is C25H21F3N2O3. The molecule has 3 aromatic carbocycles. The standard InChI is InChI=1S/C25H21F3N2O3/c1-15-21-13-18(31)10-11-20(21)22-23(17-7-3-2-4-8-17)29-33-24(22)30(15)14-16-6-5-9-19(12-16)32-25(26,27)28/h2-13,15,22,24,31H,14H2,1H3/t15-,22+,24-/m1/s1. The van der Waals surface area contributed by atoms with Gasteiger partial charge in [0, 0.05) is 18.2 Å². The van der Waals surface area contributed by atoms with Crippen LogP contribution < -0.4 is 4.74 Å². The number of phenols is 1. The van der Waals surface area contributed by atoms with Crippen molar-refractivity contribution < 1.29 is 27.9 Å².